The number of amides is 2. The van der Waals surface area contributed by atoms with Crippen LogP contribution in [0.3, 0.4) is 0 Å². The van der Waals surface area contributed by atoms with Crippen LogP contribution in [0.4, 0.5) is 5.00 Å². The van der Waals surface area contributed by atoms with Crippen LogP contribution in [-0.4, -0.2) is 54.1 Å². The standard InChI is InChI=1S/C20H20ClN3O4S3/c1-5-28-19(27)15-10(2)16(18(26)24(3)4)31-17(15)23-14(25)9-29-20-22-12-8-11(21)6-7-13(12)30-20/h6-8H,5,9H2,1-4H3,(H,23,25). The number of hydrogen-bond acceptors (Lipinski definition) is 8. The van der Waals surface area contributed by atoms with Gasteiger partial charge in [-0.25, -0.2) is 9.78 Å². The maximum Gasteiger partial charge on any atom is 0.341 e. The molecule has 0 radical (unpaired) electrons. The van der Waals surface area contributed by atoms with Crippen LogP contribution in [-0.2, 0) is 9.53 Å². The molecule has 3 rings (SSSR count). The molecule has 0 saturated carbocycles. The van der Waals surface area contributed by atoms with Crippen LogP contribution in [0, 0.1) is 6.92 Å². The van der Waals surface area contributed by atoms with Gasteiger partial charge in [0, 0.05) is 19.1 Å². The molecule has 0 aliphatic carbocycles. The van der Waals surface area contributed by atoms with E-state index in [0.717, 1.165) is 25.9 Å². The molecular formula is C20H20ClN3O4S3. The monoisotopic (exact) mass is 497 g/mol. The van der Waals surface area contributed by atoms with Crippen molar-refractivity contribution in [2.75, 3.05) is 31.8 Å². The van der Waals surface area contributed by atoms with Gasteiger partial charge in [-0.2, -0.15) is 0 Å². The van der Waals surface area contributed by atoms with E-state index in [-0.39, 0.29) is 29.7 Å². The van der Waals surface area contributed by atoms with Crippen molar-refractivity contribution in [3.63, 3.8) is 0 Å². The largest absolute Gasteiger partial charge is 0.462 e. The van der Waals surface area contributed by atoms with Crippen LogP contribution >= 0.6 is 46.0 Å². The fourth-order valence-electron chi connectivity index (χ4n) is 2.69. The first-order valence-corrected chi connectivity index (χ1v) is 12.2. The highest BCUT2D eigenvalue weighted by Gasteiger charge is 2.27. The van der Waals surface area contributed by atoms with Crippen molar-refractivity contribution in [3.8, 4) is 0 Å². The lowest BCUT2D eigenvalue weighted by atomic mass is 10.1. The lowest BCUT2D eigenvalue weighted by Gasteiger charge is -2.09. The van der Waals surface area contributed by atoms with Crippen molar-refractivity contribution in [1.29, 1.82) is 0 Å². The minimum atomic E-state index is -0.569. The second-order valence-electron chi connectivity index (χ2n) is 6.61. The molecule has 1 N–H and O–H groups in total. The molecule has 0 bridgehead atoms. The van der Waals surface area contributed by atoms with Crippen LogP contribution in [0.2, 0.25) is 5.02 Å². The average molecular weight is 498 g/mol. The van der Waals surface area contributed by atoms with Gasteiger partial charge in [0.15, 0.2) is 4.34 Å². The minimum Gasteiger partial charge on any atom is -0.462 e. The average Bonchev–Trinajstić information content (AvgIpc) is 3.25. The Balaban J connectivity index is 1.77. The number of aromatic nitrogens is 1. The lowest BCUT2D eigenvalue weighted by molar-refractivity contribution is -0.113. The Bertz CT molecular complexity index is 1160. The molecule has 2 amide bonds. The van der Waals surface area contributed by atoms with Gasteiger partial charge in [0.05, 0.1) is 33.0 Å². The Labute approximate surface area is 196 Å². The summed E-state index contributed by atoms with van der Waals surface area (Å²) < 4.78 is 6.85. The number of halogens is 1. The molecule has 3 aromatic rings. The second-order valence-corrected chi connectivity index (χ2v) is 10.3. The zero-order chi connectivity index (χ0) is 22.7. The molecule has 164 valence electrons. The van der Waals surface area contributed by atoms with Gasteiger partial charge in [-0.1, -0.05) is 23.4 Å². The quantitative estimate of drug-likeness (QED) is 0.368. The van der Waals surface area contributed by atoms with E-state index in [1.807, 2.05) is 6.07 Å². The van der Waals surface area contributed by atoms with E-state index in [4.69, 9.17) is 16.3 Å². The SMILES string of the molecule is CCOC(=O)c1c(NC(=O)CSc2nc3cc(Cl)ccc3s2)sc(C(=O)N(C)C)c1C. The van der Waals surface area contributed by atoms with Gasteiger partial charge >= 0.3 is 5.97 Å². The number of thioether (sulfide) groups is 1. The second kappa shape index (κ2) is 9.99. The highest BCUT2D eigenvalue weighted by molar-refractivity contribution is 8.01. The van der Waals surface area contributed by atoms with Gasteiger partial charge in [-0.15, -0.1) is 22.7 Å². The Morgan fingerprint density at radius 3 is 2.68 bits per heavy atom. The number of carbonyl (C=O) groups is 3. The van der Waals surface area contributed by atoms with Crippen LogP contribution in [0.15, 0.2) is 22.5 Å². The smallest absolute Gasteiger partial charge is 0.341 e. The predicted molar refractivity (Wildman–Crippen MR) is 127 cm³/mol. The zero-order valence-corrected chi connectivity index (χ0v) is 20.5. The molecule has 7 nitrogen and oxygen atoms in total. The summed E-state index contributed by atoms with van der Waals surface area (Å²) in [6.07, 6.45) is 0. The van der Waals surface area contributed by atoms with E-state index in [0.29, 0.717) is 20.5 Å². The van der Waals surface area contributed by atoms with Crippen LogP contribution in [0.25, 0.3) is 10.2 Å². The third-order valence-corrected chi connectivity index (χ3v) is 7.75. The summed E-state index contributed by atoms with van der Waals surface area (Å²) in [6, 6.07) is 5.47. The third-order valence-electron chi connectivity index (χ3n) is 4.14. The highest BCUT2D eigenvalue weighted by Crippen LogP contribution is 2.35. The number of rotatable bonds is 7. The first-order valence-electron chi connectivity index (χ1n) is 9.22. The predicted octanol–water partition coefficient (Wildman–Crippen LogP) is 4.93. The molecule has 0 spiro atoms. The van der Waals surface area contributed by atoms with Crippen molar-refractivity contribution in [2.45, 2.75) is 18.2 Å². The summed E-state index contributed by atoms with van der Waals surface area (Å²) in [7, 11) is 3.26. The lowest BCUT2D eigenvalue weighted by Crippen LogP contribution is -2.21. The Morgan fingerprint density at radius 2 is 2.00 bits per heavy atom. The number of thiophene rings is 1. The van der Waals surface area contributed by atoms with Gasteiger partial charge in [-0.3, -0.25) is 9.59 Å². The van der Waals surface area contributed by atoms with Gasteiger partial charge in [0.1, 0.15) is 5.00 Å². The molecule has 0 unspecified atom stereocenters. The maximum absolute atomic E-state index is 12.6. The maximum atomic E-state index is 12.6. The third kappa shape index (κ3) is 5.38. The number of ether oxygens (including phenoxy) is 1. The van der Waals surface area contributed by atoms with Gasteiger partial charge in [-0.05, 0) is 37.6 Å². The van der Waals surface area contributed by atoms with E-state index < -0.39 is 5.97 Å². The summed E-state index contributed by atoms with van der Waals surface area (Å²) >= 11 is 9.83. The van der Waals surface area contributed by atoms with E-state index in [1.165, 1.54) is 28.0 Å². The number of hydrogen-bond donors (Lipinski definition) is 1. The van der Waals surface area contributed by atoms with E-state index in [2.05, 4.69) is 10.3 Å². The van der Waals surface area contributed by atoms with Crippen molar-refractivity contribution < 1.29 is 19.1 Å². The number of carbonyl (C=O) groups excluding carboxylic acids is 3. The summed E-state index contributed by atoms with van der Waals surface area (Å²) in [5.74, 6) is -1.02. The molecule has 0 aliphatic rings. The van der Waals surface area contributed by atoms with Crippen molar-refractivity contribution in [1.82, 2.24) is 9.88 Å². The van der Waals surface area contributed by atoms with Gasteiger partial charge in [0.25, 0.3) is 5.91 Å². The minimum absolute atomic E-state index is 0.101. The fraction of sp³-hybridized carbons (Fsp3) is 0.300. The zero-order valence-electron chi connectivity index (χ0n) is 17.3. The molecule has 1 aromatic carbocycles. The number of thiazole rings is 1. The molecule has 31 heavy (non-hydrogen) atoms. The first-order chi connectivity index (χ1) is 14.7. The summed E-state index contributed by atoms with van der Waals surface area (Å²) in [4.78, 5) is 43.8. The highest BCUT2D eigenvalue weighted by atomic mass is 35.5. The molecule has 0 fully saturated rings. The molecule has 0 aliphatic heterocycles. The topological polar surface area (TPSA) is 88.6 Å². The summed E-state index contributed by atoms with van der Waals surface area (Å²) in [5.41, 5.74) is 1.49. The number of anilines is 1. The van der Waals surface area contributed by atoms with E-state index in [9.17, 15) is 14.4 Å². The van der Waals surface area contributed by atoms with Crippen LogP contribution < -0.4 is 5.32 Å². The normalized spacial score (nSPS) is 10.9. The van der Waals surface area contributed by atoms with E-state index in [1.54, 1.807) is 40.1 Å². The summed E-state index contributed by atoms with van der Waals surface area (Å²) in [6.45, 7) is 3.57. The van der Waals surface area contributed by atoms with Gasteiger partial charge in [0.2, 0.25) is 5.91 Å². The number of nitrogens with zero attached hydrogens (tertiary/aromatic N) is 2. The number of fused-ring (bicyclic) bond motifs is 1. The van der Waals surface area contributed by atoms with Crippen molar-refractivity contribution in [3.05, 3.63) is 39.2 Å². The van der Waals surface area contributed by atoms with Crippen LogP contribution in [0.5, 0.6) is 0 Å². The number of nitrogens with one attached hydrogen (secondary N) is 1. The fourth-order valence-corrected chi connectivity index (χ4v) is 5.94. The van der Waals surface area contributed by atoms with E-state index >= 15 is 0 Å². The van der Waals surface area contributed by atoms with Gasteiger partial charge < -0.3 is 15.0 Å². The molecule has 2 aromatic heterocycles. The Hall–Kier alpha value is -2.14. The molecular weight excluding hydrogens is 478 g/mol. The first kappa shape index (κ1) is 23.5. The molecule has 11 heteroatoms. The Morgan fingerprint density at radius 1 is 1.26 bits per heavy atom. The molecule has 0 saturated heterocycles. The van der Waals surface area contributed by atoms with Crippen molar-refractivity contribution in [2.24, 2.45) is 0 Å². The molecule has 0 atom stereocenters. The molecule has 2 heterocycles. The summed E-state index contributed by atoms with van der Waals surface area (Å²) in [5, 5.41) is 3.68. The number of benzene rings is 1. The number of esters is 1. The van der Waals surface area contributed by atoms with Crippen LogP contribution in [0.1, 0.15) is 32.5 Å². The van der Waals surface area contributed by atoms with Crippen molar-refractivity contribution >= 4 is 79.0 Å². The Kier molecular flexibility index (Phi) is 7.58.